The van der Waals surface area contributed by atoms with Gasteiger partial charge in [0.05, 0.1) is 5.69 Å². The summed E-state index contributed by atoms with van der Waals surface area (Å²) in [5.41, 5.74) is 14.8. The van der Waals surface area contributed by atoms with Crippen LogP contribution in [0.25, 0.3) is 66.1 Å². The van der Waals surface area contributed by atoms with Gasteiger partial charge in [0.15, 0.2) is 0 Å². The fraction of sp³-hybridized carbons (Fsp3) is 0. The number of anilines is 6. The summed E-state index contributed by atoms with van der Waals surface area (Å²) in [6.45, 7) is 0. The van der Waals surface area contributed by atoms with Crippen LogP contribution in [0.2, 0.25) is 0 Å². The van der Waals surface area contributed by atoms with Crippen molar-refractivity contribution in [2.45, 2.75) is 0 Å². The van der Waals surface area contributed by atoms with Gasteiger partial charge in [0.25, 0.3) is 0 Å². The minimum Gasteiger partial charge on any atom is -0.456 e. The highest BCUT2D eigenvalue weighted by molar-refractivity contribution is 6.10. The number of furan rings is 1. The van der Waals surface area contributed by atoms with Gasteiger partial charge in [-0.15, -0.1) is 0 Å². The summed E-state index contributed by atoms with van der Waals surface area (Å²) in [4.78, 5) is 4.60. The molecule has 0 saturated heterocycles. The van der Waals surface area contributed by atoms with Gasteiger partial charge in [-0.25, -0.2) is 0 Å². The molecule has 0 unspecified atom stereocenters. The molecular weight excluding hydrogens is 757 g/mol. The summed E-state index contributed by atoms with van der Waals surface area (Å²) >= 11 is 0. The molecule has 0 aliphatic carbocycles. The lowest BCUT2D eigenvalue weighted by molar-refractivity contribution is 0.487. The fourth-order valence-electron chi connectivity index (χ4n) is 9.13. The predicted molar refractivity (Wildman–Crippen MR) is 257 cm³/mol. The van der Waals surface area contributed by atoms with Crippen molar-refractivity contribution >= 4 is 66.8 Å². The third kappa shape index (κ3) is 6.08. The van der Waals surface area contributed by atoms with E-state index >= 15 is 0 Å². The summed E-state index contributed by atoms with van der Waals surface area (Å²) in [5, 5.41) is 4.48. The van der Waals surface area contributed by atoms with Crippen molar-refractivity contribution in [3.05, 3.63) is 231 Å². The zero-order valence-corrected chi connectivity index (χ0v) is 33.7. The lowest BCUT2D eigenvalue weighted by atomic mass is 9.93. The summed E-state index contributed by atoms with van der Waals surface area (Å²) in [7, 11) is 0. The van der Waals surface area contributed by atoms with E-state index in [-0.39, 0.29) is 0 Å². The molecule has 0 atom stereocenters. The fourth-order valence-corrected chi connectivity index (χ4v) is 9.13. The lowest BCUT2D eigenvalue weighted by Crippen LogP contribution is -2.11. The summed E-state index contributed by atoms with van der Waals surface area (Å²) in [6, 6.07) is 81.4. The third-order valence-electron chi connectivity index (χ3n) is 12.0. The van der Waals surface area contributed by atoms with E-state index in [0.29, 0.717) is 0 Å². The number of ether oxygens (including phenoxy) is 1. The van der Waals surface area contributed by atoms with Crippen LogP contribution in [-0.4, -0.2) is 0 Å². The minimum atomic E-state index is 0.810. The van der Waals surface area contributed by atoms with E-state index in [4.69, 9.17) is 9.15 Å². The quantitative estimate of drug-likeness (QED) is 0.153. The van der Waals surface area contributed by atoms with E-state index in [2.05, 4.69) is 228 Å². The van der Waals surface area contributed by atoms with Crippen molar-refractivity contribution in [2.24, 2.45) is 0 Å². The van der Waals surface area contributed by atoms with Crippen molar-refractivity contribution in [3.8, 4) is 44.9 Å². The molecule has 0 N–H and O–H groups in total. The molecule has 10 aromatic carbocycles. The Morgan fingerprint density at radius 3 is 1.56 bits per heavy atom. The Bertz CT molecular complexity index is 3380. The van der Waals surface area contributed by atoms with Crippen molar-refractivity contribution in [1.29, 1.82) is 0 Å². The molecule has 1 aliphatic heterocycles. The largest absolute Gasteiger partial charge is 0.456 e. The molecule has 292 valence electrons. The van der Waals surface area contributed by atoms with Crippen LogP contribution < -0.4 is 14.5 Å². The third-order valence-corrected chi connectivity index (χ3v) is 12.0. The zero-order chi connectivity index (χ0) is 41.0. The molecule has 1 aliphatic rings. The number of benzene rings is 10. The summed E-state index contributed by atoms with van der Waals surface area (Å²) in [5.74, 6) is 1.64. The Balaban J connectivity index is 0.968. The van der Waals surface area contributed by atoms with Gasteiger partial charge in [0.2, 0.25) is 0 Å². The maximum atomic E-state index is 7.03. The van der Waals surface area contributed by atoms with E-state index < -0.39 is 0 Å². The number of rotatable bonds is 8. The first-order valence-electron chi connectivity index (χ1n) is 21.0. The van der Waals surface area contributed by atoms with Gasteiger partial charge in [-0.2, -0.15) is 0 Å². The Hall–Kier alpha value is -8.34. The molecule has 4 heteroatoms. The van der Waals surface area contributed by atoms with Crippen LogP contribution in [0.15, 0.2) is 235 Å². The zero-order valence-electron chi connectivity index (χ0n) is 33.7. The molecule has 62 heavy (non-hydrogen) atoms. The Kier molecular flexibility index (Phi) is 8.46. The standard InChI is InChI=1S/C58H38N2O2/c1-4-14-39(15-5-1)40-26-30-45(31-27-40)59(46-32-28-41(29-33-46)49-22-13-24-53-50-21-10-11-25-54(50)62-58(49)53)47-34-35-51-52-23-12-16-42-36-48(38-56(57(42)52)61-55(51)37-47)60(43-17-6-2-7-18-43)44-19-8-3-9-20-44/h1-38H. The van der Waals surface area contributed by atoms with Gasteiger partial charge >= 0.3 is 0 Å². The second-order valence-corrected chi connectivity index (χ2v) is 15.7. The van der Waals surface area contributed by atoms with Crippen LogP contribution in [0.5, 0.6) is 11.5 Å². The number of hydrogen-bond donors (Lipinski definition) is 0. The molecule has 0 bridgehead atoms. The van der Waals surface area contributed by atoms with Gasteiger partial charge in [0, 0.05) is 67.9 Å². The lowest BCUT2D eigenvalue weighted by Gasteiger charge is -2.30. The first-order chi connectivity index (χ1) is 30.7. The monoisotopic (exact) mass is 794 g/mol. The van der Waals surface area contributed by atoms with Crippen molar-refractivity contribution in [2.75, 3.05) is 9.80 Å². The average molecular weight is 795 g/mol. The second-order valence-electron chi connectivity index (χ2n) is 15.7. The second kappa shape index (κ2) is 14.7. The minimum absolute atomic E-state index is 0.810. The molecule has 1 aromatic heterocycles. The van der Waals surface area contributed by atoms with Crippen molar-refractivity contribution in [1.82, 2.24) is 0 Å². The first-order valence-corrected chi connectivity index (χ1v) is 21.0. The summed E-state index contributed by atoms with van der Waals surface area (Å²) < 4.78 is 13.5. The van der Waals surface area contributed by atoms with Gasteiger partial charge < -0.3 is 19.0 Å². The van der Waals surface area contributed by atoms with E-state index in [1.807, 2.05) is 12.1 Å². The van der Waals surface area contributed by atoms with E-state index in [1.54, 1.807) is 0 Å². The van der Waals surface area contributed by atoms with E-state index in [9.17, 15) is 0 Å². The van der Waals surface area contributed by atoms with Gasteiger partial charge in [0.1, 0.15) is 22.7 Å². The molecule has 11 aromatic rings. The van der Waals surface area contributed by atoms with Gasteiger partial charge in [-0.1, -0.05) is 146 Å². The maximum absolute atomic E-state index is 7.03. The molecule has 0 spiro atoms. The van der Waals surface area contributed by atoms with Crippen molar-refractivity contribution < 1.29 is 9.15 Å². The normalized spacial score (nSPS) is 11.7. The molecule has 0 saturated carbocycles. The maximum Gasteiger partial charge on any atom is 0.143 e. The topological polar surface area (TPSA) is 28.9 Å². The molecule has 12 rings (SSSR count). The number of para-hydroxylation sites is 4. The average Bonchev–Trinajstić information content (AvgIpc) is 3.72. The molecule has 2 heterocycles. The molecule has 4 nitrogen and oxygen atoms in total. The SMILES string of the molecule is c1ccc(-c2ccc(N(c3ccc(-c4cccc5c4oc4ccccc45)cc3)c3ccc4c(c3)Oc3cc(N(c5ccccc5)c5ccccc5)cc5cccc-4c35)cc2)cc1. The predicted octanol–water partition coefficient (Wildman–Crippen LogP) is 16.8. The van der Waals surface area contributed by atoms with Gasteiger partial charge in [-0.05, 0) is 100 Å². The smallest absolute Gasteiger partial charge is 0.143 e. The first kappa shape index (κ1) is 35.6. The summed E-state index contributed by atoms with van der Waals surface area (Å²) in [6.07, 6.45) is 0. The Morgan fingerprint density at radius 1 is 0.306 bits per heavy atom. The highest BCUT2D eigenvalue weighted by atomic mass is 16.5. The van der Waals surface area contributed by atoms with Crippen LogP contribution in [-0.2, 0) is 0 Å². The number of hydrogen-bond acceptors (Lipinski definition) is 4. The van der Waals surface area contributed by atoms with Crippen LogP contribution in [0.3, 0.4) is 0 Å². The van der Waals surface area contributed by atoms with Crippen molar-refractivity contribution in [3.63, 3.8) is 0 Å². The van der Waals surface area contributed by atoms with Crippen LogP contribution in [0, 0.1) is 0 Å². The highest BCUT2D eigenvalue weighted by Crippen LogP contribution is 2.51. The Labute approximate surface area is 359 Å². The van der Waals surface area contributed by atoms with Gasteiger partial charge in [-0.3, -0.25) is 0 Å². The highest BCUT2D eigenvalue weighted by Gasteiger charge is 2.25. The van der Waals surface area contributed by atoms with Crippen LogP contribution in [0.4, 0.5) is 34.1 Å². The number of nitrogens with zero attached hydrogens (tertiary/aromatic N) is 2. The van der Waals surface area contributed by atoms with E-state index in [1.165, 1.54) is 5.56 Å². The molecule has 0 radical (unpaired) electrons. The Morgan fingerprint density at radius 2 is 0.839 bits per heavy atom. The van der Waals surface area contributed by atoms with Crippen LogP contribution >= 0.6 is 0 Å². The number of fused-ring (bicyclic) bond motifs is 5. The van der Waals surface area contributed by atoms with E-state index in [0.717, 1.165) is 106 Å². The molecular formula is C58H38N2O2. The molecule has 0 amide bonds. The molecule has 0 fully saturated rings. The van der Waals surface area contributed by atoms with Crippen LogP contribution in [0.1, 0.15) is 0 Å².